The summed E-state index contributed by atoms with van der Waals surface area (Å²) in [5.41, 5.74) is 0. The molecule has 1 fully saturated rings. The predicted octanol–water partition coefficient (Wildman–Crippen LogP) is 17.8. The predicted molar refractivity (Wildman–Crippen MR) is 332 cm³/mol. The number of ether oxygens (including phenoxy) is 2. The van der Waals surface area contributed by atoms with Gasteiger partial charge < -0.3 is 40.3 Å². The Bertz CT molecular complexity index is 1410. The van der Waals surface area contributed by atoms with E-state index >= 15 is 0 Å². The molecule has 0 saturated carbocycles. The third-order valence-corrected chi connectivity index (χ3v) is 15.9. The summed E-state index contributed by atoms with van der Waals surface area (Å²) in [6, 6.07) is -0.720. The third-order valence-electron chi connectivity index (χ3n) is 15.9. The topological polar surface area (TPSA) is 149 Å². The van der Waals surface area contributed by atoms with Gasteiger partial charge in [0, 0.05) is 6.42 Å². The summed E-state index contributed by atoms with van der Waals surface area (Å²) in [7, 11) is 0. The van der Waals surface area contributed by atoms with Crippen molar-refractivity contribution in [3.05, 3.63) is 60.8 Å². The van der Waals surface area contributed by atoms with E-state index in [0.717, 1.165) is 70.6 Å². The number of unbranched alkanes of at least 4 members (excludes halogenated alkanes) is 38. The van der Waals surface area contributed by atoms with Crippen molar-refractivity contribution < 1.29 is 39.8 Å². The van der Waals surface area contributed by atoms with Gasteiger partial charge in [0.05, 0.1) is 25.4 Å². The molecule has 1 amide bonds. The number of hydrogen-bond donors (Lipinski definition) is 6. The molecule has 1 aliphatic heterocycles. The molecule has 0 spiro atoms. The van der Waals surface area contributed by atoms with Crippen molar-refractivity contribution in [1.29, 1.82) is 0 Å². The van der Waals surface area contributed by atoms with Crippen LogP contribution in [0.25, 0.3) is 0 Å². The standard InChI is InChI=1S/C69H127NO8/c1-3-5-7-9-11-13-15-17-19-21-23-25-26-27-28-29-30-31-32-33-34-35-36-37-38-39-41-43-45-47-49-51-53-55-57-59-65(73)70-62(61-77-69-68(76)67(75)66(74)64(60-71)78-69)63(72)58-56-54-52-50-48-46-44-42-40-24-22-20-18-16-14-12-10-8-6-4-2/h5,7,11,13,17,19,23,25,27-28,62-64,66-69,71-72,74-76H,3-4,6,8-10,12,14-16,18,20-22,24,26,29-61H2,1-2H3,(H,70,73)/b7-5-,13-11-,19-17-,25-23-,28-27-. The lowest BCUT2D eigenvalue weighted by Crippen LogP contribution is -2.60. The fourth-order valence-corrected chi connectivity index (χ4v) is 10.7. The number of aliphatic hydroxyl groups excluding tert-OH is 5. The van der Waals surface area contributed by atoms with Crippen LogP contribution in [0.5, 0.6) is 0 Å². The second-order valence-electron chi connectivity index (χ2n) is 23.2. The van der Waals surface area contributed by atoms with Crippen LogP contribution in [0.1, 0.15) is 316 Å². The number of aliphatic hydroxyl groups is 5. The van der Waals surface area contributed by atoms with E-state index in [0.29, 0.717) is 12.8 Å². The van der Waals surface area contributed by atoms with Gasteiger partial charge >= 0.3 is 0 Å². The van der Waals surface area contributed by atoms with E-state index in [9.17, 15) is 30.3 Å². The van der Waals surface area contributed by atoms with E-state index in [1.54, 1.807) is 0 Å². The highest BCUT2D eigenvalue weighted by Gasteiger charge is 2.44. The molecule has 78 heavy (non-hydrogen) atoms. The van der Waals surface area contributed by atoms with Gasteiger partial charge in [0.25, 0.3) is 0 Å². The highest BCUT2D eigenvalue weighted by Crippen LogP contribution is 2.24. The molecule has 7 atom stereocenters. The Morgan fingerprint density at radius 2 is 0.795 bits per heavy atom. The molecule has 1 rings (SSSR count). The molecule has 0 radical (unpaired) electrons. The van der Waals surface area contributed by atoms with Crippen LogP contribution >= 0.6 is 0 Å². The molecular weight excluding hydrogens is 971 g/mol. The lowest BCUT2D eigenvalue weighted by atomic mass is 9.99. The number of nitrogens with one attached hydrogen (secondary N) is 1. The molecule has 6 N–H and O–H groups in total. The lowest BCUT2D eigenvalue weighted by Gasteiger charge is -2.40. The van der Waals surface area contributed by atoms with Crippen LogP contribution in [0, 0.1) is 0 Å². The molecule has 0 aromatic rings. The number of carbonyl (C=O) groups excluding carboxylic acids is 1. The smallest absolute Gasteiger partial charge is 0.220 e. The zero-order valence-electron chi connectivity index (χ0n) is 50.9. The van der Waals surface area contributed by atoms with Gasteiger partial charge in [-0.1, -0.05) is 312 Å². The monoisotopic (exact) mass is 1100 g/mol. The molecule has 7 unspecified atom stereocenters. The van der Waals surface area contributed by atoms with Gasteiger partial charge in [0.15, 0.2) is 6.29 Å². The molecule has 456 valence electrons. The molecule has 0 aromatic heterocycles. The summed E-state index contributed by atoms with van der Waals surface area (Å²) in [5.74, 6) is -0.139. The summed E-state index contributed by atoms with van der Waals surface area (Å²) in [4.78, 5) is 13.1. The van der Waals surface area contributed by atoms with Gasteiger partial charge in [-0.05, 0) is 57.8 Å². The fraction of sp³-hybridized carbons (Fsp3) is 0.841. The van der Waals surface area contributed by atoms with Crippen molar-refractivity contribution in [1.82, 2.24) is 5.32 Å². The van der Waals surface area contributed by atoms with Crippen LogP contribution in [0.15, 0.2) is 60.8 Å². The van der Waals surface area contributed by atoms with Crippen LogP contribution in [-0.2, 0) is 14.3 Å². The molecule has 9 nitrogen and oxygen atoms in total. The highest BCUT2D eigenvalue weighted by molar-refractivity contribution is 5.76. The first kappa shape index (κ1) is 73.9. The first-order valence-electron chi connectivity index (χ1n) is 33.5. The molecule has 1 heterocycles. The van der Waals surface area contributed by atoms with Crippen molar-refractivity contribution >= 4 is 5.91 Å². The SMILES string of the molecule is CC/C=C\C/C=C\C/C=C\C/C=C\C/C=C\CCCCCCCCCCCCCCCCCCCCCC(=O)NC(COC1OC(CO)C(O)C(O)C1O)C(O)CCCCCCCCCCCCCCCCCCCCCC. The molecule has 0 aromatic carbocycles. The minimum atomic E-state index is -1.55. The second kappa shape index (κ2) is 58.1. The van der Waals surface area contributed by atoms with Crippen molar-refractivity contribution in [2.75, 3.05) is 13.2 Å². The lowest BCUT2D eigenvalue weighted by molar-refractivity contribution is -0.302. The van der Waals surface area contributed by atoms with Gasteiger partial charge in [-0.2, -0.15) is 0 Å². The summed E-state index contributed by atoms with van der Waals surface area (Å²) in [5, 5.41) is 54.9. The minimum Gasteiger partial charge on any atom is -0.394 e. The third kappa shape index (κ3) is 46.5. The maximum absolute atomic E-state index is 13.1. The van der Waals surface area contributed by atoms with E-state index < -0.39 is 49.5 Å². The molecule has 9 heteroatoms. The van der Waals surface area contributed by atoms with Crippen LogP contribution in [-0.4, -0.2) is 87.5 Å². The van der Waals surface area contributed by atoms with Gasteiger partial charge in [0.1, 0.15) is 24.4 Å². The first-order chi connectivity index (χ1) is 38.3. The average Bonchev–Trinajstić information content (AvgIpc) is 3.45. The van der Waals surface area contributed by atoms with E-state index in [4.69, 9.17) is 9.47 Å². The quantitative estimate of drug-likeness (QED) is 0.0261. The van der Waals surface area contributed by atoms with Gasteiger partial charge in [-0.3, -0.25) is 4.79 Å². The summed E-state index contributed by atoms with van der Waals surface area (Å²) in [6.07, 6.45) is 72.8. The molecule has 1 aliphatic rings. The van der Waals surface area contributed by atoms with Gasteiger partial charge in [-0.15, -0.1) is 0 Å². The number of carbonyl (C=O) groups is 1. The Morgan fingerprint density at radius 3 is 1.18 bits per heavy atom. The molecule has 1 saturated heterocycles. The first-order valence-corrected chi connectivity index (χ1v) is 33.5. The van der Waals surface area contributed by atoms with Crippen molar-refractivity contribution in [2.45, 2.75) is 358 Å². The Hall–Kier alpha value is -2.11. The Balaban J connectivity index is 2.10. The van der Waals surface area contributed by atoms with E-state index in [1.807, 2.05) is 0 Å². The van der Waals surface area contributed by atoms with Crippen LogP contribution < -0.4 is 5.32 Å². The summed E-state index contributed by atoms with van der Waals surface area (Å²) in [6.45, 7) is 3.76. The number of rotatable bonds is 58. The van der Waals surface area contributed by atoms with E-state index in [1.165, 1.54) is 218 Å². The minimum absolute atomic E-state index is 0.135. The number of allylic oxidation sites excluding steroid dienone is 10. The van der Waals surface area contributed by atoms with E-state index in [2.05, 4.69) is 79.9 Å². The van der Waals surface area contributed by atoms with E-state index in [-0.39, 0.29) is 12.5 Å². The molecular formula is C69H127NO8. The zero-order valence-corrected chi connectivity index (χ0v) is 50.9. The van der Waals surface area contributed by atoms with Gasteiger partial charge in [-0.25, -0.2) is 0 Å². The number of amides is 1. The van der Waals surface area contributed by atoms with Crippen molar-refractivity contribution in [2.24, 2.45) is 0 Å². The largest absolute Gasteiger partial charge is 0.394 e. The average molecular weight is 1100 g/mol. The number of hydrogen-bond acceptors (Lipinski definition) is 8. The maximum Gasteiger partial charge on any atom is 0.220 e. The maximum atomic E-state index is 13.1. The fourth-order valence-electron chi connectivity index (χ4n) is 10.7. The van der Waals surface area contributed by atoms with Crippen molar-refractivity contribution in [3.8, 4) is 0 Å². The Kier molecular flexibility index (Phi) is 55.0. The Morgan fingerprint density at radius 1 is 0.449 bits per heavy atom. The van der Waals surface area contributed by atoms with Crippen LogP contribution in [0.2, 0.25) is 0 Å². The second-order valence-corrected chi connectivity index (χ2v) is 23.2. The van der Waals surface area contributed by atoms with Crippen molar-refractivity contribution in [3.63, 3.8) is 0 Å². The molecule has 0 bridgehead atoms. The Labute approximate surface area is 481 Å². The van der Waals surface area contributed by atoms with Crippen LogP contribution in [0.3, 0.4) is 0 Å². The van der Waals surface area contributed by atoms with Crippen LogP contribution in [0.4, 0.5) is 0 Å². The summed E-state index contributed by atoms with van der Waals surface area (Å²) < 4.78 is 11.4. The van der Waals surface area contributed by atoms with Gasteiger partial charge in [0.2, 0.25) is 5.91 Å². The zero-order chi connectivity index (χ0) is 56.5. The molecule has 0 aliphatic carbocycles. The normalized spacial score (nSPS) is 19.0. The highest BCUT2D eigenvalue weighted by atomic mass is 16.7. The summed E-state index contributed by atoms with van der Waals surface area (Å²) >= 11 is 0.